The minimum Gasteiger partial charge on any atom is -0.481 e. The minimum atomic E-state index is -0.928. The average molecular weight is 307 g/mol. The van der Waals surface area contributed by atoms with Crippen molar-refractivity contribution in [2.45, 2.75) is 43.9 Å². The SMILES string of the molecule is CN(CCC(=O)O)C(=O)C1(c2cccc(F)c2)CCCCC1. The van der Waals surface area contributed by atoms with Gasteiger partial charge in [0.15, 0.2) is 0 Å². The van der Waals surface area contributed by atoms with Crippen LogP contribution in [0.25, 0.3) is 0 Å². The Labute approximate surface area is 129 Å². The summed E-state index contributed by atoms with van der Waals surface area (Å²) in [5, 5.41) is 8.78. The first-order chi connectivity index (χ1) is 10.5. The van der Waals surface area contributed by atoms with Gasteiger partial charge in [-0.05, 0) is 30.5 Å². The molecule has 1 saturated carbocycles. The maximum Gasteiger partial charge on any atom is 0.305 e. The second-order valence-electron chi connectivity index (χ2n) is 6.02. The van der Waals surface area contributed by atoms with E-state index in [1.165, 1.54) is 17.0 Å². The van der Waals surface area contributed by atoms with Gasteiger partial charge in [0.1, 0.15) is 5.82 Å². The maximum absolute atomic E-state index is 13.6. The van der Waals surface area contributed by atoms with Crippen molar-refractivity contribution in [3.8, 4) is 0 Å². The molecular weight excluding hydrogens is 285 g/mol. The second-order valence-corrected chi connectivity index (χ2v) is 6.02. The van der Waals surface area contributed by atoms with Crippen LogP contribution in [0.3, 0.4) is 0 Å². The third-order valence-electron chi connectivity index (χ3n) is 4.50. The summed E-state index contributed by atoms with van der Waals surface area (Å²) in [6.45, 7) is 0.172. The van der Waals surface area contributed by atoms with Crippen LogP contribution in [0, 0.1) is 5.82 Å². The Hall–Kier alpha value is -1.91. The first-order valence-corrected chi connectivity index (χ1v) is 7.69. The summed E-state index contributed by atoms with van der Waals surface area (Å²) in [4.78, 5) is 25.1. The minimum absolute atomic E-state index is 0.0819. The number of aliphatic carboxylic acids is 1. The van der Waals surface area contributed by atoms with Crippen LogP contribution >= 0.6 is 0 Å². The number of benzene rings is 1. The molecule has 0 aromatic heterocycles. The van der Waals surface area contributed by atoms with Crippen LogP contribution in [0.1, 0.15) is 44.1 Å². The van der Waals surface area contributed by atoms with Gasteiger partial charge in [0, 0.05) is 13.6 Å². The van der Waals surface area contributed by atoms with Crippen molar-refractivity contribution in [1.82, 2.24) is 4.90 Å². The zero-order valence-corrected chi connectivity index (χ0v) is 12.8. The van der Waals surface area contributed by atoms with E-state index in [2.05, 4.69) is 0 Å². The smallest absolute Gasteiger partial charge is 0.305 e. The summed E-state index contributed by atoms with van der Waals surface area (Å²) in [7, 11) is 1.63. The molecule has 0 bridgehead atoms. The van der Waals surface area contributed by atoms with E-state index in [0.717, 1.165) is 19.3 Å². The predicted octanol–water partition coefficient (Wildman–Crippen LogP) is 2.96. The van der Waals surface area contributed by atoms with Gasteiger partial charge in [0.25, 0.3) is 0 Å². The van der Waals surface area contributed by atoms with Gasteiger partial charge < -0.3 is 10.0 Å². The molecule has 1 aliphatic rings. The number of carboxylic acid groups (broad SMARTS) is 1. The van der Waals surface area contributed by atoms with E-state index in [-0.39, 0.29) is 24.7 Å². The standard InChI is InChI=1S/C17H22FNO3/c1-19(11-8-15(20)21)16(22)17(9-3-2-4-10-17)13-6-5-7-14(18)12-13/h5-7,12H,2-4,8-11H2,1H3,(H,20,21). The van der Waals surface area contributed by atoms with Gasteiger partial charge in [0.05, 0.1) is 11.8 Å². The molecule has 2 rings (SSSR count). The van der Waals surface area contributed by atoms with Crippen LogP contribution in [0.4, 0.5) is 4.39 Å². The Morgan fingerprint density at radius 2 is 1.95 bits per heavy atom. The monoisotopic (exact) mass is 307 g/mol. The predicted molar refractivity (Wildman–Crippen MR) is 81.1 cm³/mol. The molecule has 1 N–H and O–H groups in total. The molecule has 0 radical (unpaired) electrons. The largest absolute Gasteiger partial charge is 0.481 e. The zero-order chi connectivity index (χ0) is 16.2. The highest BCUT2D eigenvalue weighted by Gasteiger charge is 2.42. The molecular formula is C17H22FNO3. The Morgan fingerprint density at radius 3 is 2.55 bits per heavy atom. The van der Waals surface area contributed by atoms with Crippen LogP contribution in [-0.2, 0) is 15.0 Å². The van der Waals surface area contributed by atoms with Crippen LogP contribution in [0.2, 0.25) is 0 Å². The summed E-state index contributed by atoms with van der Waals surface area (Å²) in [6.07, 6.45) is 4.22. The van der Waals surface area contributed by atoms with Crippen molar-refractivity contribution < 1.29 is 19.1 Å². The highest BCUT2D eigenvalue weighted by atomic mass is 19.1. The molecule has 22 heavy (non-hydrogen) atoms. The summed E-state index contributed by atoms with van der Waals surface area (Å²) >= 11 is 0. The Morgan fingerprint density at radius 1 is 1.27 bits per heavy atom. The van der Waals surface area contributed by atoms with Crippen molar-refractivity contribution in [3.05, 3.63) is 35.6 Å². The summed E-state index contributed by atoms with van der Waals surface area (Å²) in [6, 6.07) is 6.25. The lowest BCUT2D eigenvalue weighted by Crippen LogP contribution is -2.47. The van der Waals surface area contributed by atoms with Crippen molar-refractivity contribution in [2.75, 3.05) is 13.6 Å². The summed E-state index contributed by atoms with van der Waals surface area (Å²) in [5.41, 5.74) is -0.00692. The molecule has 1 aromatic rings. The normalized spacial score (nSPS) is 17.0. The number of carboxylic acids is 1. The second kappa shape index (κ2) is 6.90. The Balaban J connectivity index is 2.29. The molecule has 4 nitrogen and oxygen atoms in total. The fourth-order valence-electron chi connectivity index (χ4n) is 3.30. The number of likely N-dealkylation sites (N-methyl/N-ethyl adjacent to an activating group) is 1. The van der Waals surface area contributed by atoms with E-state index in [1.807, 2.05) is 0 Å². The molecule has 1 aromatic carbocycles. The lowest BCUT2D eigenvalue weighted by Gasteiger charge is -2.39. The lowest BCUT2D eigenvalue weighted by molar-refractivity contribution is -0.140. The van der Waals surface area contributed by atoms with Crippen LogP contribution < -0.4 is 0 Å². The zero-order valence-electron chi connectivity index (χ0n) is 12.8. The van der Waals surface area contributed by atoms with E-state index in [0.29, 0.717) is 18.4 Å². The quantitative estimate of drug-likeness (QED) is 0.910. The number of rotatable bonds is 5. The molecule has 0 heterocycles. The van der Waals surface area contributed by atoms with Crippen LogP contribution in [0.15, 0.2) is 24.3 Å². The van der Waals surface area contributed by atoms with E-state index in [1.54, 1.807) is 19.2 Å². The van der Waals surface area contributed by atoms with Gasteiger partial charge in [0.2, 0.25) is 5.91 Å². The first-order valence-electron chi connectivity index (χ1n) is 7.69. The Kier molecular flexibility index (Phi) is 5.16. The molecule has 1 aliphatic carbocycles. The molecule has 5 heteroatoms. The summed E-state index contributed by atoms with van der Waals surface area (Å²) in [5.74, 6) is -1.37. The number of halogens is 1. The van der Waals surface area contributed by atoms with Crippen LogP contribution in [0.5, 0.6) is 0 Å². The van der Waals surface area contributed by atoms with E-state index < -0.39 is 11.4 Å². The van der Waals surface area contributed by atoms with Crippen molar-refractivity contribution in [1.29, 1.82) is 0 Å². The van der Waals surface area contributed by atoms with Gasteiger partial charge >= 0.3 is 5.97 Å². The van der Waals surface area contributed by atoms with E-state index in [9.17, 15) is 14.0 Å². The molecule has 0 spiro atoms. The van der Waals surface area contributed by atoms with Gasteiger partial charge in [-0.2, -0.15) is 0 Å². The van der Waals surface area contributed by atoms with E-state index >= 15 is 0 Å². The first kappa shape index (κ1) is 16.5. The highest BCUT2D eigenvalue weighted by molar-refractivity contribution is 5.88. The van der Waals surface area contributed by atoms with Crippen molar-refractivity contribution >= 4 is 11.9 Å². The number of carbonyl (C=O) groups is 2. The average Bonchev–Trinajstić information content (AvgIpc) is 2.52. The molecule has 0 atom stereocenters. The lowest BCUT2D eigenvalue weighted by atomic mass is 9.68. The fraction of sp³-hybridized carbons (Fsp3) is 0.529. The molecule has 1 fully saturated rings. The van der Waals surface area contributed by atoms with Crippen molar-refractivity contribution in [2.24, 2.45) is 0 Å². The fourth-order valence-corrected chi connectivity index (χ4v) is 3.30. The highest BCUT2D eigenvalue weighted by Crippen LogP contribution is 2.41. The van der Waals surface area contributed by atoms with Gasteiger partial charge in [-0.15, -0.1) is 0 Å². The third-order valence-corrected chi connectivity index (χ3v) is 4.50. The van der Waals surface area contributed by atoms with Gasteiger partial charge in [-0.25, -0.2) is 4.39 Å². The topological polar surface area (TPSA) is 57.6 Å². The molecule has 0 aliphatic heterocycles. The number of hydrogen-bond acceptors (Lipinski definition) is 2. The Bertz CT molecular complexity index is 553. The number of carbonyl (C=O) groups excluding carboxylic acids is 1. The number of amides is 1. The van der Waals surface area contributed by atoms with Gasteiger partial charge in [-0.3, -0.25) is 9.59 Å². The molecule has 0 saturated heterocycles. The maximum atomic E-state index is 13.6. The molecule has 120 valence electrons. The van der Waals surface area contributed by atoms with E-state index in [4.69, 9.17) is 5.11 Å². The summed E-state index contributed by atoms with van der Waals surface area (Å²) < 4.78 is 13.6. The van der Waals surface area contributed by atoms with Crippen molar-refractivity contribution in [3.63, 3.8) is 0 Å². The molecule has 1 amide bonds. The number of nitrogens with zero attached hydrogens (tertiary/aromatic N) is 1. The third kappa shape index (κ3) is 3.46. The molecule has 0 unspecified atom stereocenters. The van der Waals surface area contributed by atoms with Gasteiger partial charge in [-0.1, -0.05) is 31.4 Å². The number of hydrogen-bond donors (Lipinski definition) is 1. The van der Waals surface area contributed by atoms with Crippen LogP contribution in [-0.4, -0.2) is 35.5 Å².